The van der Waals surface area contributed by atoms with Crippen LogP contribution in [0.15, 0.2) is 0 Å². The van der Waals surface area contributed by atoms with Crippen LogP contribution in [0.5, 0.6) is 0 Å². The van der Waals surface area contributed by atoms with Gasteiger partial charge in [-0.2, -0.15) is 0 Å². The molecule has 2 nitrogen and oxygen atoms in total. The first-order valence-electron chi connectivity index (χ1n) is 5.48. The Morgan fingerprint density at radius 2 is 2.08 bits per heavy atom. The Morgan fingerprint density at radius 1 is 1.31 bits per heavy atom. The van der Waals surface area contributed by atoms with Crippen molar-refractivity contribution in [1.82, 2.24) is 5.32 Å². The van der Waals surface area contributed by atoms with Crippen LogP contribution in [0.2, 0.25) is 0 Å². The molecule has 1 rings (SSSR count). The Morgan fingerprint density at radius 3 is 2.69 bits per heavy atom. The van der Waals surface area contributed by atoms with E-state index in [-0.39, 0.29) is 0 Å². The Balaban J connectivity index is 2.40. The van der Waals surface area contributed by atoms with Crippen LogP contribution >= 0.6 is 0 Å². The molecule has 0 saturated heterocycles. The van der Waals surface area contributed by atoms with E-state index in [0.29, 0.717) is 17.7 Å². The summed E-state index contributed by atoms with van der Waals surface area (Å²) in [5.41, 5.74) is 0. The van der Waals surface area contributed by atoms with E-state index < -0.39 is 0 Å². The topological polar surface area (TPSA) is 29.1 Å². The zero-order chi connectivity index (χ0) is 9.68. The van der Waals surface area contributed by atoms with E-state index in [0.717, 1.165) is 19.3 Å². The summed E-state index contributed by atoms with van der Waals surface area (Å²) >= 11 is 0. The quantitative estimate of drug-likeness (QED) is 0.679. The molecule has 1 saturated carbocycles. The molecule has 1 aliphatic rings. The molecule has 1 N–H and O–H groups in total. The summed E-state index contributed by atoms with van der Waals surface area (Å²) in [6.07, 6.45) is 6.55. The van der Waals surface area contributed by atoms with E-state index in [4.69, 9.17) is 0 Å². The van der Waals surface area contributed by atoms with Gasteiger partial charge in [0.2, 0.25) is 0 Å². The van der Waals surface area contributed by atoms with E-state index in [1.807, 2.05) is 14.0 Å². The fraction of sp³-hybridized carbons (Fsp3) is 0.909. The minimum atomic E-state index is 0.364. The van der Waals surface area contributed by atoms with Crippen molar-refractivity contribution in [3.8, 4) is 0 Å². The van der Waals surface area contributed by atoms with Crippen LogP contribution in [0.3, 0.4) is 0 Å². The van der Waals surface area contributed by atoms with E-state index in [9.17, 15) is 4.79 Å². The van der Waals surface area contributed by atoms with Crippen molar-refractivity contribution >= 4 is 5.78 Å². The fourth-order valence-corrected chi connectivity index (χ4v) is 2.20. The molecule has 0 radical (unpaired) electrons. The normalized spacial score (nSPS) is 29.7. The van der Waals surface area contributed by atoms with Crippen molar-refractivity contribution in [2.45, 2.75) is 51.5 Å². The summed E-state index contributed by atoms with van der Waals surface area (Å²) < 4.78 is 0. The highest BCUT2D eigenvalue weighted by molar-refractivity contribution is 5.80. The number of nitrogens with one attached hydrogen (secondary N) is 1. The second-order valence-corrected chi connectivity index (χ2v) is 4.01. The van der Waals surface area contributed by atoms with Crippen LogP contribution in [0.4, 0.5) is 0 Å². The molecule has 2 heteroatoms. The standard InChI is InChI=1S/C11H21NO/c1-3-11(13)9-5-4-6-10(12-2)8-7-9/h9-10,12H,3-8H2,1-2H3. The van der Waals surface area contributed by atoms with Crippen molar-refractivity contribution in [1.29, 1.82) is 0 Å². The first kappa shape index (κ1) is 10.7. The van der Waals surface area contributed by atoms with Gasteiger partial charge in [-0.1, -0.05) is 13.3 Å². The molecule has 0 bridgehead atoms. The first-order valence-corrected chi connectivity index (χ1v) is 5.48. The highest BCUT2D eigenvalue weighted by Crippen LogP contribution is 2.24. The Labute approximate surface area is 81.1 Å². The van der Waals surface area contributed by atoms with Gasteiger partial charge in [-0.25, -0.2) is 0 Å². The second-order valence-electron chi connectivity index (χ2n) is 4.01. The molecule has 2 unspecified atom stereocenters. The number of rotatable bonds is 3. The first-order chi connectivity index (χ1) is 6.27. The molecule has 0 aliphatic heterocycles. The number of carbonyl (C=O) groups excluding carboxylic acids is 1. The average molecular weight is 183 g/mol. The molecule has 0 aromatic rings. The molecule has 0 aromatic heterocycles. The zero-order valence-electron chi connectivity index (χ0n) is 8.81. The summed E-state index contributed by atoms with van der Waals surface area (Å²) in [5.74, 6) is 0.833. The van der Waals surface area contributed by atoms with Gasteiger partial charge in [-0.3, -0.25) is 4.79 Å². The SMILES string of the molecule is CCC(=O)C1CCCC(NC)CC1. The van der Waals surface area contributed by atoms with Crippen LogP contribution in [0.1, 0.15) is 45.4 Å². The van der Waals surface area contributed by atoms with Gasteiger partial charge in [-0.05, 0) is 32.7 Å². The summed E-state index contributed by atoms with van der Waals surface area (Å²) in [7, 11) is 2.02. The molecule has 2 atom stereocenters. The predicted octanol–water partition coefficient (Wildman–Crippen LogP) is 2.13. The van der Waals surface area contributed by atoms with Crippen LogP contribution < -0.4 is 5.32 Å². The summed E-state index contributed by atoms with van der Waals surface area (Å²) in [4.78, 5) is 11.5. The lowest BCUT2D eigenvalue weighted by Crippen LogP contribution is -2.24. The zero-order valence-corrected chi connectivity index (χ0v) is 8.81. The number of Topliss-reactive ketones (excluding diaryl/α,β-unsaturated/α-hetero) is 1. The monoisotopic (exact) mass is 183 g/mol. The van der Waals surface area contributed by atoms with Crippen LogP contribution in [-0.2, 0) is 4.79 Å². The van der Waals surface area contributed by atoms with Gasteiger partial charge in [0.15, 0.2) is 0 Å². The number of ketones is 1. The molecule has 76 valence electrons. The summed E-state index contributed by atoms with van der Waals surface area (Å²) in [5, 5.41) is 3.31. The Kier molecular flexibility index (Phi) is 4.43. The molecule has 0 aromatic carbocycles. The third-order valence-corrected chi connectivity index (χ3v) is 3.18. The lowest BCUT2D eigenvalue weighted by molar-refractivity contribution is -0.122. The second kappa shape index (κ2) is 5.38. The molecular weight excluding hydrogens is 162 g/mol. The summed E-state index contributed by atoms with van der Waals surface area (Å²) in [6.45, 7) is 1.97. The minimum absolute atomic E-state index is 0.364. The van der Waals surface area contributed by atoms with Crippen LogP contribution in [-0.4, -0.2) is 18.9 Å². The molecule has 1 fully saturated rings. The van der Waals surface area contributed by atoms with Gasteiger partial charge in [0.25, 0.3) is 0 Å². The fourth-order valence-electron chi connectivity index (χ4n) is 2.20. The Bertz CT molecular complexity index is 167. The maximum Gasteiger partial charge on any atom is 0.135 e. The van der Waals surface area contributed by atoms with Crippen molar-refractivity contribution in [2.24, 2.45) is 5.92 Å². The lowest BCUT2D eigenvalue weighted by atomic mass is 9.94. The minimum Gasteiger partial charge on any atom is -0.317 e. The van der Waals surface area contributed by atoms with Crippen molar-refractivity contribution < 1.29 is 4.79 Å². The van der Waals surface area contributed by atoms with Crippen molar-refractivity contribution in [3.63, 3.8) is 0 Å². The third kappa shape index (κ3) is 3.11. The maximum atomic E-state index is 11.5. The predicted molar refractivity (Wildman–Crippen MR) is 54.7 cm³/mol. The van der Waals surface area contributed by atoms with Gasteiger partial charge in [-0.15, -0.1) is 0 Å². The number of carbonyl (C=O) groups is 1. The maximum absolute atomic E-state index is 11.5. The van der Waals surface area contributed by atoms with Gasteiger partial charge < -0.3 is 5.32 Å². The largest absolute Gasteiger partial charge is 0.317 e. The molecule has 1 aliphatic carbocycles. The molecule has 0 heterocycles. The molecule has 0 amide bonds. The molecule has 13 heavy (non-hydrogen) atoms. The average Bonchev–Trinajstić information content (AvgIpc) is 2.41. The Hall–Kier alpha value is -0.370. The van der Waals surface area contributed by atoms with Crippen molar-refractivity contribution in [3.05, 3.63) is 0 Å². The lowest BCUT2D eigenvalue weighted by Gasteiger charge is -2.12. The third-order valence-electron chi connectivity index (χ3n) is 3.18. The van der Waals surface area contributed by atoms with Crippen LogP contribution in [0.25, 0.3) is 0 Å². The van der Waals surface area contributed by atoms with E-state index >= 15 is 0 Å². The number of hydrogen-bond donors (Lipinski definition) is 1. The number of hydrogen-bond acceptors (Lipinski definition) is 2. The highest BCUT2D eigenvalue weighted by Gasteiger charge is 2.21. The van der Waals surface area contributed by atoms with Crippen LogP contribution in [0, 0.1) is 5.92 Å². The van der Waals surface area contributed by atoms with Gasteiger partial charge in [0.05, 0.1) is 0 Å². The van der Waals surface area contributed by atoms with E-state index in [2.05, 4.69) is 5.32 Å². The van der Waals surface area contributed by atoms with E-state index in [1.165, 1.54) is 19.3 Å². The highest BCUT2D eigenvalue weighted by atomic mass is 16.1. The van der Waals surface area contributed by atoms with E-state index in [1.54, 1.807) is 0 Å². The van der Waals surface area contributed by atoms with Gasteiger partial charge >= 0.3 is 0 Å². The van der Waals surface area contributed by atoms with Gasteiger partial charge in [0.1, 0.15) is 5.78 Å². The molecule has 0 spiro atoms. The van der Waals surface area contributed by atoms with Crippen molar-refractivity contribution in [2.75, 3.05) is 7.05 Å². The van der Waals surface area contributed by atoms with Gasteiger partial charge in [0, 0.05) is 18.4 Å². The summed E-state index contributed by atoms with van der Waals surface area (Å²) in [6, 6.07) is 0.648. The molecular formula is C11H21NO. The smallest absolute Gasteiger partial charge is 0.135 e.